The molecule has 3 heterocycles. The van der Waals surface area contributed by atoms with Crippen LogP contribution < -0.4 is 5.32 Å². The highest BCUT2D eigenvalue weighted by molar-refractivity contribution is 5.73. The van der Waals surface area contributed by atoms with Crippen LogP contribution in [0.5, 0.6) is 0 Å². The quantitative estimate of drug-likeness (QED) is 0.754. The van der Waals surface area contributed by atoms with E-state index in [1.165, 1.54) is 25.8 Å². The maximum Gasteiger partial charge on any atom is 0.490 e. The number of anilines is 1. The van der Waals surface area contributed by atoms with Crippen LogP contribution in [0.2, 0.25) is 0 Å². The number of carboxylic acid groups (broad SMARTS) is 1. The highest BCUT2D eigenvalue weighted by atomic mass is 19.4. The molecule has 3 rings (SSSR count). The van der Waals surface area contributed by atoms with Gasteiger partial charge in [0.05, 0.1) is 11.4 Å². The van der Waals surface area contributed by atoms with Crippen LogP contribution in [0.3, 0.4) is 0 Å². The van der Waals surface area contributed by atoms with Crippen molar-refractivity contribution in [1.82, 2.24) is 19.9 Å². The predicted molar refractivity (Wildman–Crippen MR) is 107 cm³/mol. The molecule has 0 spiro atoms. The average Bonchev–Trinajstić information content (AvgIpc) is 2.72. The summed E-state index contributed by atoms with van der Waals surface area (Å²) in [5, 5.41) is 10.6. The summed E-state index contributed by atoms with van der Waals surface area (Å²) in [5.41, 5.74) is 1.76. The molecule has 0 radical (unpaired) electrons. The summed E-state index contributed by atoms with van der Waals surface area (Å²) >= 11 is 0. The van der Waals surface area contributed by atoms with Gasteiger partial charge < -0.3 is 10.4 Å². The minimum atomic E-state index is -5.08. The number of carbonyl (C=O) groups is 1. The second-order valence-electron chi connectivity index (χ2n) is 6.86. The van der Waals surface area contributed by atoms with E-state index >= 15 is 0 Å². The standard InChI is InChI=1S/C18H25N5.C2HF3O2/c1-3-23-11-7-5-8-15(23)13-20-18-12-17(21-14(2)22-18)16-9-4-6-10-19-16;3-2(4,5)1(6)7/h4,6,9-10,12,15H,3,5,7-8,11,13H2,1-2H3,(H,20,21,22);(H,6,7). The molecule has 7 nitrogen and oxygen atoms in total. The number of carboxylic acids is 1. The first-order chi connectivity index (χ1) is 14.2. The smallest absolute Gasteiger partial charge is 0.475 e. The molecule has 1 aliphatic rings. The zero-order valence-electron chi connectivity index (χ0n) is 17.0. The second-order valence-corrected chi connectivity index (χ2v) is 6.86. The summed E-state index contributed by atoms with van der Waals surface area (Å²) in [4.78, 5) is 24.9. The van der Waals surface area contributed by atoms with Gasteiger partial charge in [-0.25, -0.2) is 14.8 Å². The first-order valence-corrected chi connectivity index (χ1v) is 9.75. The molecular formula is C20H26F3N5O2. The number of aliphatic carboxylic acids is 1. The zero-order chi connectivity index (χ0) is 22.1. The zero-order valence-corrected chi connectivity index (χ0v) is 17.0. The van der Waals surface area contributed by atoms with Crippen molar-refractivity contribution >= 4 is 11.8 Å². The van der Waals surface area contributed by atoms with E-state index in [0.29, 0.717) is 6.04 Å². The van der Waals surface area contributed by atoms with Gasteiger partial charge in [-0.1, -0.05) is 19.4 Å². The minimum absolute atomic E-state index is 0.599. The summed E-state index contributed by atoms with van der Waals surface area (Å²) in [6.07, 6.45) is 0.616. The Morgan fingerprint density at radius 2 is 2.00 bits per heavy atom. The molecule has 164 valence electrons. The van der Waals surface area contributed by atoms with Crippen LogP contribution in [0.1, 0.15) is 32.0 Å². The minimum Gasteiger partial charge on any atom is -0.475 e. The SMILES string of the molecule is CCN1CCCCC1CNc1cc(-c2ccccn2)nc(C)n1.O=C(O)C(F)(F)F. The molecule has 1 saturated heterocycles. The topological polar surface area (TPSA) is 91.2 Å². The highest BCUT2D eigenvalue weighted by Gasteiger charge is 2.38. The molecule has 1 atom stereocenters. The van der Waals surface area contributed by atoms with E-state index in [-0.39, 0.29) is 0 Å². The lowest BCUT2D eigenvalue weighted by Gasteiger charge is -2.35. The molecule has 0 amide bonds. The third kappa shape index (κ3) is 7.25. The maximum absolute atomic E-state index is 10.6. The number of likely N-dealkylation sites (N-methyl/N-ethyl adjacent to an activating group) is 1. The molecule has 0 saturated carbocycles. The summed E-state index contributed by atoms with van der Waals surface area (Å²) in [6, 6.07) is 8.47. The van der Waals surface area contributed by atoms with Gasteiger partial charge in [-0.3, -0.25) is 9.88 Å². The second kappa shape index (κ2) is 10.9. The molecule has 0 aliphatic carbocycles. The Balaban J connectivity index is 0.000000396. The summed E-state index contributed by atoms with van der Waals surface area (Å²) in [6.45, 7) is 7.44. The molecule has 2 N–H and O–H groups in total. The van der Waals surface area contributed by atoms with Crippen LogP contribution in [0.25, 0.3) is 11.4 Å². The van der Waals surface area contributed by atoms with Gasteiger partial charge in [-0.15, -0.1) is 0 Å². The lowest BCUT2D eigenvalue weighted by atomic mass is 10.0. The lowest BCUT2D eigenvalue weighted by Crippen LogP contribution is -2.43. The number of aromatic nitrogens is 3. The third-order valence-electron chi connectivity index (χ3n) is 4.68. The van der Waals surface area contributed by atoms with Gasteiger partial charge in [0.25, 0.3) is 0 Å². The number of hydrogen-bond donors (Lipinski definition) is 2. The van der Waals surface area contributed by atoms with E-state index in [9.17, 15) is 13.2 Å². The van der Waals surface area contributed by atoms with Crippen molar-refractivity contribution in [3.05, 3.63) is 36.3 Å². The summed E-state index contributed by atoms with van der Waals surface area (Å²) in [7, 11) is 0. The average molecular weight is 425 g/mol. The fraction of sp³-hybridized carbons (Fsp3) is 0.500. The molecule has 30 heavy (non-hydrogen) atoms. The largest absolute Gasteiger partial charge is 0.490 e. The molecule has 2 aromatic rings. The van der Waals surface area contributed by atoms with Gasteiger partial charge in [0.1, 0.15) is 11.6 Å². The van der Waals surface area contributed by atoms with Crippen LogP contribution in [0, 0.1) is 6.92 Å². The van der Waals surface area contributed by atoms with E-state index < -0.39 is 12.1 Å². The van der Waals surface area contributed by atoms with E-state index in [4.69, 9.17) is 9.90 Å². The van der Waals surface area contributed by atoms with Crippen molar-refractivity contribution < 1.29 is 23.1 Å². The number of nitrogens with zero attached hydrogens (tertiary/aromatic N) is 4. The first-order valence-electron chi connectivity index (χ1n) is 9.75. The van der Waals surface area contributed by atoms with Gasteiger partial charge >= 0.3 is 12.1 Å². The van der Waals surface area contributed by atoms with Gasteiger partial charge in [0.2, 0.25) is 0 Å². The number of hydrogen-bond acceptors (Lipinski definition) is 6. The number of rotatable bonds is 5. The molecule has 10 heteroatoms. The number of likely N-dealkylation sites (tertiary alicyclic amines) is 1. The Morgan fingerprint density at radius 3 is 2.60 bits per heavy atom. The molecule has 0 bridgehead atoms. The normalized spacial score (nSPS) is 17.0. The summed E-state index contributed by atoms with van der Waals surface area (Å²) < 4.78 is 31.7. The Morgan fingerprint density at radius 1 is 1.27 bits per heavy atom. The van der Waals surface area contributed by atoms with Crippen LogP contribution in [-0.4, -0.2) is 62.8 Å². The number of halogens is 3. The molecule has 1 fully saturated rings. The highest BCUT2D eigenvalue weighted by Crippen LogP contribution is 2.20. The van der Waals surface area contributed by atoms with Gasteiger partial charge in [0.15, 0.2) is 0 Å². The molecule has 1 aliphatic heterocycles. The predicted octanol–water partition coefficient (Wildman–Crippen LogP) is 3.77. The Hall–Kier alpha value is -2.75. The van der Waals surface area contributed by atoms with E-state index in [0.717, 1.165) is 36.1 Å². The third-order valence-corrected chi connectivity index (χ3v) is 4.68. The van der Waals surface area contributed by atoms with Crippen molar-refractivity contribution in [3.8, 4) is 11.4 Å². The van der Waals surface area contributed by atoms with Crippen LogP contribution in [0.4, 0.5) is 19.0 Å². The van der Waals surface area contributed by atoms with Crippen LogP contribution in [-0.2, 0) is 4.79 Å². The number of alkyl halides is 3. The first kappa shape index (κ1) is 23.5. The van der Waals surface area contributed by atoms with Crippen LogP contribution in [0.15, 0.2) is 30.5 Å². The van der Waals surface area contributed by atoms with Crippen molar-refractivity contribution in [3.63, 3.8) is 0 Å². The molecular weight excluding hydrogens is 399 g/mol. The van der Waals surface area contributed by atoms with Crippen molar-refractivity contribution in [2.75, 3.05) is 25.0 Å². The Bertz CT molecular complexity index is 818. The van der Waals surface area contributed by atoms with Gasteiger partial charge in [0, 0.05) is 24.8 Å². The van der Waals surface area contributed by atoms with Gasteiger partial charge in [-0.2, -0.15) is 13.2 Å². The fourth-order valence-corrected chi connectivity index (χ4v) is 3.23. The molecule has 2 aromatic heterocycles. The fourth-order valence-electron chi connectivity index (χ4n) is 3.23. The number of pyridine rings is 1. The Labute approximate surface area is 173 Å². The van der Waals surface area contributed by atoms with Crippen molar-refractivity contribution in [1.29, 1.82) is 0 Å². The van der Waals surface area contributed by atoms with E-state index in [2.05, 4.69) is 32.1 Å². The number of nitrogens with one attached hydrogen (secondary N) is 1. The number of piperidine rings is 1. The molecule has 1 unspecified atom stereocenters. The van der Waals surface area contributed by atoms with Crippen LogP contribution >= 0.6 is 0 Å². The van der Waals surface area contributed by atoms with Crippen molar-refractivity contribution in [2.45, 2.75) is 45.3 Å². The summed E-state index contributed by atoms with van der Waals surface area (Å²) in [5.74, 6) is -1.10. The number of aryl methyl sites for hydroxylation is 1. The Kier molecular flexibility index (Phi) is 8.52. The van der Waals surface area contributed by atoms with E-state index in [1.807, 2.05) is 31.2 Å². The van der Waals surface area contributed by atoms with E-state index in [1.54, 1.807) is 6.20 Å². The molecule has 0 aromatic carbocycles. The van der Waals surface area contributed by atoms with Crippen molar-refractivity contribution in [2.24, 2.45) is 0 Å². The lowest BCUT2D eigenvalue weighted by molar-refractivity contribution is -0.192. The maximum atomic E-state index is 10.6. The monoisotopic (exact) mass is 425 g/mol. The van der Waals surface area contributed by atoms with Gasteiger partial charge in [-0.05, 0) is 45.0 Å².